The Kier molecular flexibility index (Phi) is 5.21. The van der Waals surface area contributed by atoms with Crippen LogP contribution in [0.3, 0.4) is 0 Å². The molecule has 0 heterocycles. The summed E-state index contributed by atoms with van der Waals surface area (Å²) in [5, 5.41) is 9.01. The Morgan fingerprint density at radius 3 is 2.58 bits per heavy atom. The lowest BCUT2D eigenvalue weighted by Gasteiger charge is -2.19. The minimum atomic E-state index is -0.777. The van der Waals surface area contributed by atoms with E-state index in [0.29, 0.717) is 30.9 Å². The van der Waals surface area contributed by atoms with Crippen molar-refractivity contribution in [3.63, 3.8) is 0 Å². The lowest BCUT2D eigenvalue weighted by molar-refractivity contribution is -0.147. The molecule has 0 saturated carbocycles. The molecule has 1 aromatic rings. The molecule has 0 aliphatic rings. The van der Waals surface area contributed by atoms with Crippen LogP contribution < -0.4 is 9.47 Å². The molecule has 0 aliphatic heterocycles. The first-order valence-corrected chi connectivity index (χ1v) is 6.37. The molecule has 0 saturated heterocycles. The van der Waals surface area contributed by atoms with Crippen molar-refractivity contribution in [3.05, 3.63) is 23.8 Å². The summed E-state index contributed by atoms with van der Waals surface area (Å²) in [6.07, 6.45) is 1.27. The van der Waals surface area contributed by atoms with E-state index in [-0.39, 0.29) is 0 Å². The fraction of sp³-hybridized carbons (Fsp3) is 0.533. The van der Waals surface area contributed by atoms with Crippen LogP contribution in [0, 0.1) is 12.3 Å². The summed E-state index contributed by atoms with van der Waals surface area (Å²) in [5.41, 5.74) is 0.400. The molecule has 19 heavy (non-hydrogen) atoms. The average Bonchev–Trinajstić information content (AvgIpc) is 2.35. The number of carboxylic acid groups (broad SMARTS) is 1. The van der Waals surface area contributed by atoms with Gasteiger partial charge < -0.3 is 14.6 Å². The van der Waals surface area contributed by atoms with Gasteiger partial charge in [0.25, 0.3) is 0 Å². The van der Waals surface area contributed by atoms with Gasteiger partial charge in [0.1, 0.15) is 0 Å². The summed E-state index contributed by atoms with van der Waals surface area (Å²) in [7, 11) is 1.61. The maximum absolute atomic E-state index is 11.0. The van der Waals surface area contributed by atoms with Crippen LogP contribution in [0.5, 0.6) is 11.5 Å². The molecule has 1 N–H and O–H groups in total. The van der Waals surface area contributed by atoms with Crippen molar-refractivity contribution >= 4 is 5.97 Å². The monoisotopic (exact) mass is 266 g/mol. The summed E-state index contributed by atoms with van der Waals surface area (Å²) in [6.45, 7) is 5.92. The Morgan fingerprint density at radius 2 is 2.00 bits per heavy atom. The van der Waals surface area contributed by atoms with E-state index in [9.17, 15) is 4.79 Å². The number of hydrogen-bond acceptors (Lipinski definition) is 3. The van der Waals surface area contributed by atoms with E-state index in [1.54, 1.807) is 21.0 Å². The van der Waals surface area contributed by atoms with E-state index in [4.69, 9.17) is 14.6 Å². The van der Waals surface area contributed by atoms with Crippen LogP contribution in [0.2, 0.25) is 0 Å². The van der Waals surface area contributed by atoms with Crippen molar-refractivity contribution in [1.29, 1.82) is 0 Å². The fourth-order valence-corrected chi connectivity index (χ4v) is 1.70. The highest BCUT2D eigenvalue weighted by Crippen LogP contribution is 2.28. The van der Waals surface area contributed by atoms with Crippen LogP contribution >= 0.6 is 0 Å². The van der Waals surface area contributed by atoms with Gasteiger partial charge in [-0.15, -0.1) is 0 Å². The Hall–Kier alpha value is -1.71. The fourth-order valence-electron chi connectivity index (χ4n) is 1.70. The first kappa shape index (κ1) is 15.3. The van der Waals surface area contributed by atoms with Gasteiger partial charge in [-0.2, -0.15) is 0 Å². The van der Waals surface area contributed by atoms with E-state index >= 15 is 0 Å². The van der Waals surface area contributed by atoms with Crippen LogP contribution in [0.25, 0.3) is 0 Å². The summed E-state index contributed by atoms with van der Waals surface area (Å²) in [6, 6.07) is 5.74. The van der Waals surface area contributed by atoms with Gasteiger partial charge in [0.05, 0.1) is 19.1 Å². The third-order valence-electron chi connectivity index (χ3n) is 3.10. The Labute approximate surface area is 114 Å². The zero-order chi connectivity index (χ0) is 14.5. The third kappa shape index (κ3) is 4.47. The smallest absolute Gasteiger partial charge is 0.309 e. The van der Waals surface area contributed by atoms with Crippen LogP contribution in [0.15, 0.2) is 18.2 Å². The van der Waals surface area contributed by atoms with Crippen LogP contribution in [-0.4, -0.2) is 24.8 Å². The highest BCUT2D eigenvalue weighted by atomic mass is 16.5. The summed E-state index contributed by atoms with van der Waals surface area (Å²) >= 11 is 0. The first-order chi connectivity index (χ1) is 8.86. The van der Waals surface area contributed by atoms with Crippen molar-refractivity contribution in [2.75, 3.05) is 13.7 Å². The summed E-state index contributed by atoms with van der Waals surface area (Å²) < 4.78 is 10.9. The summed E-state index contributed by atoms with van der Waals surface area (Å²) in [5.74, 6) is 0.624. The van der Waals surface area contributed by atoms with Crippen molar-refractivity contribution in [1.82, 2.24) is 0 Å². The van der Waals surface area contributed by atoms with E-state index in [1.165, 1.54) is 0 Å². The summed E-state index contributed by atoms with van der Waals surface area (Å²) in [4.78, 5) is 11.0. The molecule has 0 radical (unpaired) electrons. The maximum atomic E-state index is 11.0. The van der Waals surface area contributed by atoms with Crippen LogP contribution in [0.1, 0.15) is 32.3 Å². The Balaban J connectivity index is 2.48. The minimum Gasteiger partial charge on any atom is -0.493 e. The molecule has 1 rings (SSSR count). The molecule has 0 unspecified atom stereocenters. The highest BCUT2D eigenvalue weighted by Gasteiger charge is 2.26. The molecule has 4 heteroatoms. The van der Waals surface area contributed by atoms with Gasteiger partial charge in [-0.1, -0.05) is 6.07 Å². The zero-order valence-corrected chi connectivity index (χ0v) is 12.0. The number of carboxylic acids is 1. The number of aliphatic carboxylic acids is 1. The molecule has 106 valence electrons. The molecule has 0 aliphatic carbocycles. The van der Waals surface area contributed by atoms with Gasteiger partial charge in [-0.25, -0.2) is 0 Å². The molecule has 0 aromatic heterocycles. The molecule has 0 fully saturated rings. The van der Waals surface area contributed by atoms with Crippen LogP contribution in [-0.2, 0) is 4.79 Å². The third-order valence-corrected chi connectivity index (χ3v) is 3.10. The topological polar surface area (TPSA) is 55.8 Å². The number of methoxy groups -OCH3 is 1. The lowest BCUT2D eigenvalue weighted by Crippen LogP contribution is -2.24. The van der Waals surface area contributed by atoms with Gasteiger partial charge in [-0.3, -0.25) is 4.79 Å². The SMILES string of the molecule is COc1cc(C)ccc1OCCCC(C)(C)C(=O)O. The molecular formula is C15H22O4. The number of carbonyl (C=O) groups is 1. The standard InChI is InChI=1S/C15H22O4/c1-11-6-7-12(13(10-11)18-4)19-9-5-8-15(2,3)14(16)17/h6-7,10H,5,8-9H2,1-4H3,(H,16,17). The largest absolute Gasteiger partial charge is 0.493 e. The van der Waals surface area contributed by atoms with Crippen molar-refractivity contribution in [2.45, 2.75) is 33.6 Å². The van der Waals surface area contributed by atoms with Crippen molar-refractivity contribution in [2.24, 2.45) is 5.41 Å². The second kappa shape index (κ2) is 6.45. The lowest BCUT2D eigenvalue weighted by atomic mass is 9.88. The number of hydrogen-bond donors (Lipinski definition) is 1. The molecule has 4 nitrogen and oxygen atoms in total. The average molecular weight is 266 g/mol. The maximum Gasteiger partial charge on any atom is 0.309 e. The van der Waals surface area contributed by atoms with Gasteiger partial charge in [0.15, 0.2) is 11.5 Å². The Bertz CT molecular complexity index is 438. The predicted molar refractivity (Wildman–Crippen MR) is 73.9 cm³/mol. The van der Waals surface area contributed by atoms with E-state index < -0.39 is 11.4 Å². The number of ether oxygens (including phenoxy) is 2. The predicted octanol–water partition coefficient (Wildman–Crippen LogP) is 3.27. The second-order valence-corrected chi connectivity index (χ2v) is 5.30. The molecular weight excluding hydrogens is 244 g/mol. The van der Waals surface area contributed by atoms with Crippen LogP contribution in [0.4, 0.5) is 0 Å². The van der Waals surface area contributed by atoms with E-state index in [2.05, 4.69) is 0 Å². The first-order valence-electron chi connectivity index (χ1n) is 6.37. The number of aryl methyl sites for hydroxylation is 1. The molecule has 0 amide bonds. The minimum absolute atomic E-state index is 0.482. The van der Waals surface area contributed by atoms with Gasteiger partial charge in [0.2, 0.25) is 0 Å². The Morgan fingerprint density at radius 1 is 1.32 bits per heavy atom. The number of rotatable bonds is 7. The van der Waals surface area contributed by atoms with Gasteiger partial charge >= 0.3 is 5.97 Å². The van der Waals surface area contributed by atoms with Gasteiger partial charge in [-0.05, 0) is 51.3 Å². The van der Waals surface area contributed by atoms with Crippen molar-refractivity contribution < 1.29 is 19.4 Å². The normalized spacial score (nSPS) is 11.2. The van der Waals surface area contributed by atoms with E-state index in [1.807, 2.05) is 25.1 Å². The van der Waals surface area contributed by atoms with E-state index in [0.717, 1.165) is 5.56 Å². The van der Waals surface area contributed by atoms with Crippen molar-refractivity contribution in [3.8, 4) is 11.5 Å². The second-order valence-electron chi connectivity index (χ2n) is 5.30. The highest BCUT2D eigenvalue weighted by molar-refractivity contribution is 5.73. The molecule has 0 spiro atoms. The van der Waals surface area contributed by atoms with Gasteiger partial charge in [0, 0.05) is 0 Å². The molecule has 0 atom stereocenters. The molecule has 0 bridgehead atoms. The molecule has 1 aromatic carbocycles. The number of benzene rings is 1. The zero-order valence-electron chi connectivity index (χ0n) is 12.0. The quantitative estimate of drug-likeness (QED) is 0.769.